The molecule has 0 amide bonds. The zero-order valence-corrected chi connectivity index (χ0v) is 10.9. The van der Waals surface area contributed by atoms with Crippen LogP contribution in [0.2, 0.25) is 0 Å². The highest BCUT2D eigenvalue weighted by molar-refractivity contribution is 4.92. The van der Waals surface area contributed by atoms with Crippen molar-refractivity contribution >= 4 is 0 Å². The second-order valence-electron chi connectivity index (χ2n) is 4.59. The van der Waals surface area contributed by atoms with Crippen LogP contribution in [-0.4, -0.2) is 20.8 Å². The molecule has 2 unspecified atom stereocenters. The molecule has 1 N–H and O–H groups in total. The highest BCUT2D eigenvalue weighted by Crippen LogP contribution is 2.11. The summed E-state index contributed by atoms with van der Waals surface area (Å²) in [5.41, 5.74) is 0. The Labute approximate surface area is 98.5 Å². The summed E-state index contributed by atoms with van der Waals surface area (Å²) in [5.74, 6) is 1.00. The molecule has 0 saturated heterocycles. The topological polar surface area (TPSA) is 42.7 Å². The van der Waals surface area contributed by atoms with Crippen LogP contribution in [0.1, 0.15) is 58.3 Å². The molecular formula is C12H24N4. The summed E-state index contributed by atoms with van der Waals surface area (Å²) in [7, 11) is 1.98. The molecule has 1 rings (SSSR count). The van der Waals surface area contributed by atoms with Gasteiger partial charge in [0.1, 0.15) is 12.2 Å². The first-order valence-electron chi connectivity index (χ1n) is 6.25. The van der Waals surface area contributed by atoms with Crippen molar-refractivity contribution in [2.75, 3.05) is 0 Å². The number of nitrogens with zero attached hydrogens (tertiary/aromatic N) is 3. The molecule has 0 aliphatic heterocycles. The van der Waals surface area contributed by atoms with Crippen molar-refractivity contribution in [2.24, 2.45) is 7.05 Å². The van der Waals surface area contributed by atoms with Crippen LogP contribution < -0.4 is 5.32 Å². The molecule has 1 heterocycles. The van der Waals surface area contributed by atoms with Gasteiger partial charge in [0.2, 0.25) is 0 Å². The quantitative estimate of drug-likeness (QED) is 0.723. The van der Waals surface area contributed by atoms with Crippen LogP contribution in [0.25, 0.3) is 0 Å². The maximum absolute atomic E-state index is 4.12. The third-order valence-corrected chi connectivity index (χ3v) is 2.91. The molecule has 4 heteroatoms. The van der Waals surface area contributed by atoms with E-state index in [1.165, 1.54) is 25.7 Å². The van der Waals surface area contributed by atoms with Crippen molar-refractivity contribution in [2.45, 2.75) is 58.5 Å². The van der Waals surface area contributed by atoms with Crippen LogP contribution >= 0.6 is 0 Å². The molecular weight excluding hydrogens is 200 g/mol. The maximum Gasteiger partial charge on any atom is 0.149 e. The van der Waals surface area contributed by atoms with E-state index >= 15 is 0 Å². The Kier molecular flexibility index (Phi) is 5.46. The minimum atomic E-state index is 0.268. The zero-order chi connectivity index (χ0) is 12.0. The largest absolute Gasteiger partial charge is 0.319 e. The van der Waals surface area contributed by atoms with Gasteiger partial charge in [-0.2, -0.15) is 0 Å². The fraction of sp³-hybridized carbons (Fsp3) is 0.833. The Hall–Kier alpha value is -0.900. The fourth-order valence-corrected chi connectivity index (χ4v) is 1.97. The van der Waals surface area contributed by atoms with Crippen LogP contribution in [0.3, 0.4) is 0 Å². The Morgan fingerprint density at radius 3 is 2.69 bits per heavy atom. The maximum atomic E-state index is 4.12. The first-order valence-corrected chi connectivity index (χ1v) is 6.25. The van der Waals surface area contributed by atoms with E-state index in [0.29, 0.717) is 6.04 Å². The molecule has 1 aromatic rings. The zero-order valence-electron chi connectivity index (χ0n) is 10.9. The first kappa shape index (κ1) is 13.2. The van der Waals surface area contributed by atoms with Gasteiger partial charge in [-0.05, 0) is 20.3 Å². The van der Waals surface area contributed by atoms with Gasteiger partial charge in [0.25, 0.3) is 0 Å². The van der Waals surface area contributed by atoms with Crippen LogP contribution in [-0.2, 0) is 7.05 Å². The van der Waals surface area contributed by atoms with Crippen LogP contribution in [0.4, 0.5) is 0 Å². The summed E-state index contributed by atoms with van der Waals surface area (Å²) >= 11 is 0. The van der Waals surface area contributed by atoms with E-state index < -0.39 is 0 Å². The Morgan fingerprint density at radius 2 is 2.12 bits per heavy atom. The standard InChI is InChI=1S/C12H24N4/c1-5-6-7-8-10(2)14-11(3)12-15-13-9-16(12)4/h9-11,14H,5-8H2,1-4H3. The number of aromatic nitrogens is 3. The van der Waals surface area contributed by atoms with E-state index in [1.54, 1.807) is 6.33 Å². The van der Waals surface area contributed by atoms with Crippen molar-refractivity contribution in [3.63, 3.8) is 0 Å². The van der Waals surface area contributed by atoms with Gasteiger partial charge in [-0.1, -0.05) is 26.2 Å². The van der Waals surface area contributed by atoms with E-state index in [4.69, 9.17) is 0 Å². The molecule has 1 aromatic heterocycles. The molecule has 0 aliphatic rings. The lowest BCUT2D eigenvalue weighted by atomic mass is 10.1. The second kappa shape index (κ2) is 6.63. The average molecular weight is 224 g/mol. The van der Waals surface area contributed by atoms with Gasteiger partial charge >= 0.3 is 0 Å². The monoisotopic (exact) mass is 224 g/mol. The third kappa shape index (κ3) is 3.93. The number of unbranched alkanes of at least 4 members (excludes halogenated alkanes) is 2. The van der Waals surface area contributed by atoms with E-state index in [-0.39, 0.29) is 6.04 Å². The van der Waals surface area contributed by atoms with E-state index in [1.807, 2.05) is 11.6 Å². The normalized spacial score (nSPS) is 15.0. The third-order valence-electron chi connectivity index (χ3n) is 2.91. The molecule has 0 fully saturated rings. The number of nitrogens with one attached hydrogen (secondary N) is 1. The first-order chi connectivity index (χ1) is 7.65. The van der Waals surface area contributed by atoms with Crippen molar-refractivity contribution in [1.29, 1.82) is 0 Å². The van der Waals surface area contributed by atoms with Gasteiger partial charge in [0, 0.05) is 13.1 Å². The predicted octanol–water partition coefficient (Wildman–Crippen LogP) is 2.43. The lowest BCUT2D eigenvalue weighted by Gasteiger charge is -2.19. The van der Waals surface area contributed by atoms with Gasteiger partial charge in [0.05, 0.1) is 6.04 Å². The molecule has 0 bridgehead atoms. The molecule has 0 spiro atoms. The van der Waals surface area contributed by atoms with Gasteiger partial charge in [-0.25, -0.2) is 0 Å². The number of rotatable bonds is 7. The Bertz CT molecular complexity index is 295. The van der Waals surface area contributed by atoms with Gasteiger partial charge < -0.3 is 9.88 Å². The Morgan fingerprint density at radius 1 is 1.38 bits per heavy atom. The molecule has 92 valence electrons. The summed E-state index contributed by atoms with van der Waals surface area (Å²) in [6, 6.07) is 0.808. The van der Waals surface area contributed by atoms with E-state index in [2.05, 4.69) is 36.3 Å². The number of aryl methyl sites for hydroxylation is 1. The summed E-state index contributed by atoms with van der Waals surface area (Å²) in [4.78, 5) is 0. The minimum Gasteiger partial charge on any atom is -0.319 e. The summed E-state index contributed by atoms with van der Waals surface area (Å²) in [6.45, 7) is 6.61. The van der Waals surface area contributed by atoms with Crippen LogP contribution in [0.15, 0.2) is 6.33 Å². The molecule has 0 radical (unpaired) electrons. The lowest BCUT2D eigenvalue weighted by molar-refractivity contribution is 0.423. The predicted molar refractivity (Wildman–Crippen MR) is 66.2 cm³/mol. The van der Waals surface area contributed by atoms with Gasteiger partial charge in [-0.15, -0.1) is 10.2 Å². The van der Waals surface area contributed by atoms with Gasteiger partial charge in [0.15, 0.2) is 0 Å². The lowest BCUT2D eigenvalue weighted by Crippen LogP contribution is -2.30. The van der Waals surface area contributed by atoms with Crippen LogP contribution in [0, 0.1) is 0 Å². The average Bonchev–Trinajstić information content (AvgIpc) is 2.65. The smallest absolute Gasteiger partial charge is 0.149 e. The molecule has 16 heavy (non-hydrogen) atoms. The summed E-state index contributed by atoms with van der Waals surface area (Å²) in [5, 5.41) is 11.6. The SMILES string of the molecule is CCCCCC(C)NC(C)c1nncn1C. The van der Waals surface area contributed by atoms with Crippen molar-refractivity contribution in [3.05, 3.63) is 12.2 Å². The Balaban J connectivity index is 2.33. The number of hydrogen-bond donors (Lipinski definition) is 1. The number of hydrogen-bond acceptors (Lipinski definition) is 3. The molecule has 2 atom stereocenters. The van der Waals surface area contributed by atoms with Crippen molar-refractivity contribution < 1.29 is 0 Å². The van der Waals surface area contributed by atoms with Crippen molar-refractivity contribution in [3.8, 4) is 0 Å². The molecule has 0 saturated carbocycles. The van der Waals surface area contributed by atoms with E-state index in [9.17, 15) is 0 Å². The second-order valence-corrected chi connectivity index (χ2v) is 4.59. The molecule has 4 nitrogen and oxygen atoms in total. The van der Waals surface area contributed by atoms with Gasteiger partial charge in [-0.3, -0.25) is 0 Å². The fourth-order valence-electron chi connectivity index (χ4n) is 1.97. The van der Waals surface area contributed by atoms with Crippen LogP contribution in [0.5, 0.6) is 0 Å². The minimum absolute atomic E-state index is 0.268. The summed E-state index contributed by atoms with van der Waals surface area (Å²) in [6.07, 6.45) is 6.89. The highest BCUT2D eigenvalue weighted by atomic mass is 15.3. The molecule has 0 aliphatic carbocycles. The molecule has 0 aromatic carbocycles. The summed E-state index contributed by atoms with van der Waals surface area (Å²) < 4.78 is 1.97. The van der Waals surface area contributed by atoms with Crippen molar-refractivity contribution in [1.82, 2.24) is 20.1 Å². The van der Waals surface area contributed by atoms with E-state index in [0.717, 1.165) is 5.82 Å². The highest BCUT2D eigenvalue weighted by Gasteiger charge is 2.13.